The third-order valence-corrected chi connectivity index (χ3v) is 4.35. The van der Waals surface area contributed by atoms with Crippen LogP contribution in [0.15, 0.2) is 46.5 Å². The molecule has 0 saturated carbocycles. The SMILES string of the molecule is CSc1nc(-c2ccc(-c3cnc(Cl)c(F)c3)cc2)c(C#N)c(=O)[nH]1. The molecule has 8 heteroatoms. The Morgan fingerprint density at radius 3 is 2.52 bits per heavy atom. The molecule has 2 aromatic heterocycles. The highest BCUT2D eigenvalue weighted by Crippen LogP contribution is 2.26. The van der Waals surface area contributed by atoms with Crippen molar-refractivity contribution in [3.05, 3.63) is 63.4 Å². The van der Waals surface area contributed by atoms with E-state index in [0.717, 1.165) is 5.56 Å². The van der Waals surface area contributed by atoms with Crippen molar-refractivity contribution < 1.29 is 4.39 Å². The molecule has 1 N–H and O–H groups in total. The van der Waals surface area contributed by atoms with Gasteiger partial charge in [-0.3, -0.25) is 4.79 Å². The van der Waals surface area contributed by atoms with Crippen LogP contribution < -0.4 is 5.56 Å². The molecule has 0 aliphatic rings. The predicted molar refractivity (Wildman–Crippen MR) is 95.0 cm³/mol. The molecule has 0 radical (unpaired) electrons. The standard InChI is InChI=1S/C17H10ClFN4OS/c1-25-17-22-14(12(7-20)16(24)23-17)10-4-2-9(3-5-10)11-6-13(19)15(18)21-8-11/h2-6,8H,1H3,(H,22,23,24). The number of H-pyrrole nitrogens is 1. The van der Waals surface area contributed by atoms with Crippen LogP contribution in [-0.4, -0.2) is 21.2 Å². The molecule has 124 valence electrons. The molecule has 3 rings (SSSR count). The Morgan fingerprint density at radius 2 is 1.92 bits per heavy atom. The lowest BCUT2D eigenvalue weighted by atomic mass is 10.0. The molecular weight excluding hydrogens is 363 g/mol. The minimum Gasteiger partial charge on any atom is -0.300 e. The third kappa shape index (κ3) is 3.40. The summed E-state index contributed by atoms with van der Waals surface area (Å²) in [6.45, 7) is 0. The average molecular weight is 373 g/mol. The van der Waals surface area contributed by atoms with Crippen LogP contribution in [0.3, 0.4) is 0 Å². The van der Waals surface area contributed by atoms with E-state index in [1.807, 2.05) is 6.07 Å². The van der Waals surface area contributed by atoms with Crippen LogP contribution in [0.2, 0.25) is 5.15 Å². The normalized spacial score (nSPS) is 10.5. The molecular formula is C17H10ClFN4OS. The lowest BCUT2D eigenvalue weighted by Gasteiger charge is -2.07. The molecule has 2 heterocycles. The van der Waals surface area contributed by atoms with Gasteiger partial charge >= 0.3 is 0 Å². The van der Waals surface area contributed by atoms with E-state index in [9.17, 15) is 14.4 Å². The highest BCUT2D eigenvalue weighted by molar-refractivity contribution is 7.98. The highest BCUT2D eigenvalue weighted by Gasteiger charge is 2.13. The summed E-state index contributed by atoms with van der Waals surface area (Å²) in [7, 11) is 0. The van der Waals surface area contributed by atoms with Crippen molar-refractivity contribution in [1.82, 2.24) is 15.0 Å². The van der Waals surface area contributed by atoms with E-state index in [2.05, 4.69) is 15.0 Å². The first-order valence-electron chi connectivity index (χ1n) is 7.03. The fourth-order valence-electron chi connectivity index (χ4n) is 2.26. The van der Waals surface area contributed by atoms with Gasteiger partial charge < -0.3 is 4.98 Å². The summed E-state index contributed by atoms with van der Waals surface area (Å²) in [5.41, 5.74) is 1.68. The maximum Gasteiger partial charge on any atom is 0.270 e. The fraction of sp³-hybridized carbons (Fsp3) is 0.0588. The molecule has 25 heavy (non-hydrogen) atoms. The van der Waals surface area contributed by atoms with Crippen molar-refractivity contribution in [2.45, 2.75) is 5.16 Å². The molecule has 0 fully saturated rings. The van der Waals surface area contributed by atoms with Gasteiger partial charge in [0.15, 0.2) is 16.1 Å². The van der Waals surface area contributed by atoms with Crippen LogP contribution in [0.4, 0.5) is 4.39 Å². The van der Waals surface area contributed by atoms with Gasteiger partial charge in [0.25, 0.3) is 5.56 Å². The van der Waals surface area contributed by atoms with E-state index in [1.165, 1.54) is 24.0 Å². The van der Waals surface area contributed by atoms with E-state index in [4.69, 9.17) is 11.6 Å². The maximum absolute atomic E-state index is 13.6. The maximum atomic E-state index is 13.6. The van der Waals surface area contributed by atoms with Gasteiger partial charge in [-0.1, -0.05) is 47.6 Å². The zero-order chi connectivity index (χ0) is 18.0. The number of aromatic amines is 1. The number of hydrogen-bond donors (Lipinski definition) is 1. The van der Waals surface area contributed by atoms with E-state index in [0.29, 0.717) is 22.0 Å². The summed E-state index contributed by atoms with van der Waals surface area (Å²) in [4.78, 5) is 22.6. The van der Waals surface area contributed by atoms with Crippen molar-refractivity contribution in [1.29, 1.82) is 5.26 Å². The number of aromatic nitrogens is 3. The van der Waals surface area contributed by atoms with Crippen LogP contribution in [-0.2, 0) is 0 Å². The number of nitrogens with zero attached hydrogens (tertiary/aromatic N) is 3. The molecule has 0 spiro atoms. The lowest BCUT2D eigenvalue weighted by molar-refractivity contribution is 0.622. The van der Waals surface area contributed by atoms with E-state index >= 15 is 0 Å². The third-order valence-electron chi connectivity index (χ3n) is 3.49. The Hall–Kier alpha value is -2.69. The molecule has 3 aromatic rings. The quantitative estimate of drug-likeness (QED) is 0.428. The monoisotopic (exact) mass is 372 g/mol. The van der Waals surface area contributed by atoms with Gasteiger partial charge in [0.05, 0.1) is 5.69 Å². The largest absolute Gasteiger partial charge is 0.300 e. The number of benzene rings is 1. The molecule has 0 bridgehead atoms. The molecule has 1 aromatic carbocycles. The second kappa shape index (κ2) is 7.05. The Labute approximate surface area is 151 Å². The summed E-state index contributed by atoms with van der Waals surface area (Å²) < 4.78 is 13.6. The van der Waals surface area contributed by atoms with Crippen molar-refractivity contribution in [3.8, 4) is 28.5 Å². The first kappa shape index (κ1) is 17.1. The minimum atomic E-state index is -0.601. The van der Waals surface area contributed by atoms with Gasteiger partial charge in [-0.05, 0) is 17.9 Å². The Bertz CT molecular complexity index is 1040. The molecule has 0 aliphatic heterocycles. The number of nitriles is 1. The summed E-state index contributed by atoms with van der Waals surface area (Å²) in [5, 5.41) is 9.47. The van der Waals surface area contributed by atoms with Crippen molar-refractivity contribution in [2.24, 2.45) is 0 Å². The highest BCUT2D eigenvalue weighted by atomic mass is 35.5. The minimum absolute atomic E-state index is 0.0512. The van der Waals surface area contributed by atoms with Gasteiger partial charge in [0.2, 0.25) is 0 Å². The molecule has 0 unspecified atom stereocenters. The van der Waals surface area contributed by atoms with Crippen LogP contribution in [0.5, 0.6) is 0 Å². The van der Waals surface area contributed by atoms with Gasteiger partial charge in [-0.2, -0.15) is 5.26 Å². The van der Waals surface area contributed by atoms with E-state index in [1.54, 1.807) is 30.5 Å². The van der Waals surface area contributed by atoms with Gasteiger partial charge in [-0.25, -0.2) is 14.4 Å². The average Bonchev–Trinajstić information content (AvgIpc) is 2.63. The first-order valence-corrected chi connectivity index (χ1v) is 8.64. The lowest BCUT2D eigenvalue weighted by Crippen LogP contribution is -2.14. The summed E-state index contributed by atoms with van der Waals surface area (Å²) in [6, 6.07) is 10.1. The van der Waals surface area contributed by atoms with E-state index < -0.39 is 11.4 Å². The second-order valence-corrected chi connectivity index (χ2v) is 6.14. The summed E-state index contributed by atoms with van der Waals surface area (Å²) in [6.07, 6.45) is 3.25. The number of hydrogen-bond acceptors (Lipinski definition) is 5. The number of rotatable bonds is 3. The zero-order valence-corrected chi connectivity index (χ0v) is 14.5. The van der Waals surface area contributed by atoms with Crippen LogP contribution in [0.1, 0.15) is 5.56 Å². The fourth-order valence-corrected chi connectivity index (χ4v) is 2.74. The van der Waals surface area contributed by atoms with E-state index in [-0.39, 0.29) is 10.7 Å². The molecule has 5 nitrogen and oxygen atoms in total. The first-order chi connectivity index (χ1) is 12.0. The topological polar surface area (TPSA) is 82.4 Å². The number of thioether (sulfide) groups is 1. The van der Waals surface area contributed by atoms with Crippen LogP contribution >= 0.6 is 23.4 Å². The van der Waals surface area contributed by atoms with Crippen molar-refractivity contribution >= 4 is 23.4 Å². The Kier molecular flexibility index (Phi) is 4.83. The smallest absolute Gasteiger partial charge is 0.270 e. The van der Waals surface area contributed by atoms with Crippen LogP contribution in [0, 0.1) is 17.1 Å². The number of halogens is 2. The molecule has 0 saturated heterocycles. The van der Waals surface area contributed by atoms with Gasteiger partial charge in [0, 0.05) is 17.3 Å². The Morgan fingerprint density at radius 1 is 1.24 bits per heavy atom. The van der Waals surface area contributed by atoms with Crippen LogP contribution in [0.25, 0.3) is 22.4 Å². The molecule has 0 atom stereocenters. The molecule has 0 aliphatic carbocycles. The Balaban J connectivity index is 2.06. The number of nitrogens with one attached hydrogen (secondary N) is 1. The predicted octanol–water partition coefficient (Wildman–Crippen LogP) is 3.88. The number of pyridine rings is 1. The van der Waals surface area contributed by atoms with Crippen molar-refractivity contribution in [2.75, 3.05) is 6.26 Å². The summed E-state index contributed by atoms with van der Waals surface area (Å²) in [5.74, 6) is -0.601. The van der Waals surface area contributed by atoms with Gasteiger partial charge in [0.1, 0.15) is 11.6 Å². The van der Waals surface area contributed by atoms with Gasteiger partial charge in [-0.15, -0.1) is 0 Å². The second-order valence-electron chi connectivity index (χ2n) is 4.98. The van der Waals surface area contributed by atoms with Crippen molar-refractivity contribution in [3.63, 3.8) is 0 Å². The molecule has 0 amide bonds. The summed E-state index contributed by atoms with van der Waals surface area (Å²) >= 11 is 6.87. The zero-order valence-electron chi connectivity index (χ0n) is 12.9.